The van der Waals surface area contributed by atoms with Gasteiger partial charge in [0.05, 0.1) is 10.7 Å². The first-order valence-electron chi connectivity index (χ1n) is 4.90. The van der Waals surface area contributed by atoms with Crippen molar-refractivity contribution in [3.8, 4) is 11.1 Å². The summed E-state index contributed by atoms with van der Waals surface area (Å²) in [5, 5.41) is 6.39. The maximum atomic E-state index is 13.9. The lowest BCUT2D eigenvalue weighted by atomic mass is 10.0. The summed E-state index contributed by atoms with van der Waals surface area (Å²) in [6.07, 6.45) is 2.36. The molecule has 0 saturated carbocycles. The van der Waals surface area contributed by atoms with Gasteiger partial charge in [0, 0.05) is 11.1 Å². The SMILES string of the molecule is CCc1cc(Br)c(F)c(-c2cn[nH]c2N)c1. The van der Waals surface area contributed by atoms with Gasteiger partial charge in [0.15, 0.2) is 0 Å². The molecular weight excluding hydrogens is 273 g/mol. The molecule has 1 aromatic carbocycles. The Bertz CT molecular complexity index is 522. The Hall–Kier alpha value is -1.36. The molecule has 0 spiro atoms. The van der Waals surface area contributed by atoms with E-state index in [0.717, 1.165) is 12.0 Å². The number of rotatable bonds is 2. The highest BCUT2D eigenvalue weighted by Gasteiger charge is 2.13. The molecule has 3 nitrogen and oxygen atoms in total. The van der Waals surface area contributed by atoms with Gasteiger partial charge < -0.3 is 5.73 Å². The van der Waals surface area contributed by atoms with Crippen molar-refractivity contribution in [3.05, 3.63) is 34.2 Å². The molecule has 0 fully saturated rings. The van der Waals surface area contributed by atoms with Crippen molar-refractivity contribution >= 4 is 21.7 Å². The van der Waals surface area contributed by atoms with Crippen LogP contribution in [-0.4, -0.2) is 10.2 Å². The van der Waals surface area contributed by atoms with Gasteiger partial charge in [0.1, 0.15) is 11.6 Å². The lowest BCUT2D eigenvalue weighted by Crippen LogP contribution is -1.93. The minimum atomic E-state index is -0.315. The van der Waals surface area contributed by atoms with Gasteiger partial charge in [-0.3, -0.25) is 5.10 Å². The summed E-state index contributed by atoms with van der Waals surface area (Å²) in [7, 11) is 0. The maximum absolute atomic E-state index is 13.9. The molecule has 0 aliphatic carbocycles. The number of halogens is 2. The van der Waals surface area contributed by atoms with E-state index in [1.807, 2.05) is 6.92 Å². The number of aryl methyl sites for hydroxylation is 1. The van der Waals surface area contributed by atoms with Gasteiger partial charge in [-0.15, -0.1) is 0 Å². The highest BCUT2D eigenvalue weighted by Crippen LogP contribution is 2.32. The number of H-pyrrole nitrogens is 1. The average molecular weight is 284 g/mol. The first kappa shape index (κ1) is 11.1. The summed E-state index contributed by atoms with van der Waals surface area (Å²) in [5.41, 5.74) is 7.79. The number of nitrogens with two attached hydrogens (primary N) is 1. The van der Waals surface area contributed by atoms with Crippen LogP contribution in [0.5, 0.6) is 0 Å². The van der Waals surface area contributed by atoms with E-state index in [1.165, 1.54) is 6.20 Å². The number of hydrogen-bond donors (Lipinski definition) is 2. The molecule has 1 heterocycles. The second kappa shape index (κ2) is 4.25. The molecule has 0 radical (unpaired) electrons. The molecule has 84 valence electrons. The van der Waals surface area contributed by atoms with Crippen LogP contribution in [0.2, 0.25) is 0 Å². The lowest BCUT2D eigenvalue weighted by molar-refractivity contribution is 0.624. The zero-order chi connectivity index (χ0) is 11.7. The number of aromatic amines is 1. The number of benzene rings is 1. The molecule has 0 aliphatic heterocycles. The standard InChI is InChI=1S/C11H11BrFN3/c1-2-6-3-7(10(13)9(12)4-6)8-5-15-16-11(8)14/h3-5H,2H2,1H3,(H3,14,15,16). The lowest BCUT2D eigenvalue weighted by Gasteiger charge is -2.06. The topological polar surface area (TPSA) is 54.7 Å². The van der Waals surface area contributed by atoms with E-state index in [0.29, 0.717) is 21.4 Å². The summed E-state index contributed by atoms with van der Waals surface area (Å²) in [5.74, 6) is 0.0596. The van der Waals surface area contributed by atoms with Crippen molar-refractivity contribution in [1.29, 1.82) is 0 Å². The molecule has 0 amide bonds. The normalized spacial score (nSPS) is 10.7. The van der Waals surface area contributed by atoms with Crippen LogP contribution in [0.4, 0.5) is 10.2 Å². The second-order valence-electron chi connectivity index (χ2n) is 3.49. The fourth-order valence-electron chi connectivity index (χ4n) is 1.56. The van der Waals surface area contributed by atoms with Crippen LogP contribution >= 0.6 is 15.9 Å². The van der Waals surface area contributed by atoms with Crippen molar-refractivity contribution in [3.63, 3.8) is 0 Å². The minimum Gasteiger partial charge on any atom is -0.384 e. The van der Waals surface area contributed by atoms with Crippen molar-refractivity contribution < 1.29 is 4.39 Å². The molecule has 3 N–H and O–H groups in total. The van der Waals surface area contributed by atoms with Crippen LogP contribution in [-0.2, 0) is 6.42 Å². The molecule has 0 bridgehead atoms. The van der Waals surface area contributed by atoms with Crippen LogP contribution in [0.1, 0.15) is 12.5 Å². The first-order chi connectivity index (χ1) is 7.63. The molecule has 0 unspecified atom stereocenters. The highest BCUT2D eigenvalue weighted by molar-refractivity contribution is 9.10. The number of aromatic nitrogens is 2. The molecule has 0 saturated heterocycles. The Morgan fingerprint density at radius 3 is 2.75 bits per heavy atom. The quantitative estimate of drug-likeness (QED) is 0.890. The van der Waals surface area contributed by atoms with Gasteiger partial charge in [-0.1, -0.05) is 6.92 Å². The fraction of sp³-hybridized carbons (Fsp3) is 0.182. The zero-order valence-corrected chi connectivity index (χ0v) is 10.3. The Balaban J connectivity index is 2.64. The number of nitrogens with one attached hydrogen (secondary N) is 1. The Kier molecular flexibility index (Phi) is 2.96. The van der Waals surface area contributed by atoms with E-state index in [4.69, 9.17) is 5.73 Å². The van der Waals surface area contributed by atoms with E-state index in [1.54, 1.807) is 12.1 Å². The first-order valence-corrected chi connectivity index (χ1v) is 5.70. The second-order valence-corrected chi connectivity index (χ2v) is 4.34. The largest absolute Gasteiger partial charge is 0.384 e. The Labute approximate surface area is 101 Å². The van der Waals surface area contributed by atoms with E-state index in [-0.39, 0.29) is 5.82 Å². The van der Waals surface area contributed by atoms with Gasteiger partial charge in [0.25, 0.3) is 0 Å². The van der Waals surface area contributed by atoms with E-state index >= 15 is 0 Å². The molecule has 2 aromatic rings. The molecular formula is C11H11BrFN3. The van der Waals surface area contributed by atoms with Crippen LogP contribution in [0.3, 0.4) is 0 Å². The predicted molar refractivity (Wildman–Crippen MR) is 65.5 cm³/mol. The van der Waals surface area contributed by atoms with Crippen molar-refractivity contribution in [2.75, 3.05) is 5.73 Å². The number of anilines is 1. The van der Waals surface area contributed by atoms with Gasteiger partial charge >= 0.3 is 0 Å². The van der Waals surface area contributed by atoms with E-state index in [2.05, 4.69) is 26.1 Å². The summed E-state index contributed by atoms with van der Waals surface area (Å²) >= 11 is 3.20. The van der Waals surface area contributed by atoms with E-state index < -0.39 is 0 Å². The van der Waals surface area contributed by atoms with Crippen LogP contribution < -0.4 is 5.73 Å². The van der Waals surface area contributed by atoms with Crippen LogP contribution in [0.15, 0.2) is 22.8 Å². The fourth-order valence-corrected chi connectivity index (χ4v) is 2.06. The van der Waals surface area contributed by atoms with Crippen LogP contribution in [0.25, 0.3) is 11.1 Å². The highest BCUT2D eigenvalue weighted by atomic mass is 79.9. The van der Waals surface area contributed by atoms with Gasteiger partial charge in [-0.2, -0.15) is 5.10 Å². The third kappa shape index (κ3) is 1.82. The number of nitrogens with zero attached hydrogens (tertiary/aromatic N) is 1. The summed E-state index contributed by atoms with van der Waals surface area (Å²) in [6.45, 7) is 2.02. The van der Waals surface area contributed by atoms with Gasteiger partial charge in [-0.25, -0.2) is 4.39 Å². The maximum Gasteiger partial charge on any atom is 0.145 e. The monoisotopic (exact) mass is 283 g/mol. The Morgan fingerprint density at radius 1 is 1.44 bits per heavy atom. The molecule has 0 atom stereocenters. The molecule has 16 heavy (non-hydrogen) atoms. The number of hydrogen-bond acceptors (Lipinski definition) is 2. The van der Waals surface area contributed by atoms with Crippen molar-refractivity contribution in [2.24, 2.45) is 0 Å². The van der Waals surface area contributed by atoms with Gasteiger partial charge in [0.2, 0.25) is 0 Å². The molecule has 0 aliphatic rings. The average Bonchev–Trinajstić information content (AvgIpc) is 2.68. The summed E-state index contributed by atoms with van der Waals surface area (Å²) in [6, 6.07) is 3.57. The third-order valence-electron chi connectivity index (χ3n) is 2.46. The third-order valence-corrected chi connectivity index (χ3v) is 3.03. The number of nitrogen functional groups attached to an aromatic ring is 1. The molecule has 2 rings (SSSR count). The summed E-state index contributed by atoms with van der Waals surface area (Å²) < 4.78 is 14.4. The Morgan fingerprint density at radius 2 is 2.19 bits per heavy atom. The zero-order valence-electron chi connectivity index (χ0n) is 8.72. The molecule has 5 heteroatoms. The predicted octanol–water partition coefficient (Wildman–Crippen LogP) is 3.12. The van der Waals surface area contributed by atoms with E-state index in [9.17, 15) is 4.39 Å². The van der Waals surface area contributed by atoms with Crippen molar-refractivity contribution in [1.82, 2.24) is 10.2 Å². The minimum absolute atomic E-state index is 0.315. The van der Waals surface area contributed by atoms with Crippen molar-refractivity contribution in [2.45, 2.75) is 13.3 Å². The van der Waals surface area contributed by atoms with Gasteiger partial charge in [-0.05, 0) is 40.0 Å². The smallest absolute Gasteiger partial charge is 0.145 e. The molecule has 1 aromatic heterocycles. The van der Waals surface area contributed by atoms with Crippen LogP contribution in [0, 0.1) is 5.82 Å². The summed E-state index contributed by atoms with van der Waals surface area (Å²) in [4.78, 5) is 0.